The zero-order chi connectivity index (χ0) is 10.7. The third-order valence-electron chi connectivity index (χ3n) is 2.20. The van der Waals surface area contributed by atoms with E-state index in [9.17, 15) is 4.79 Å². The molecule has 76 valence electrons. The Kier molecular flexibility index (Phi) is 3.71. The summed E-state index contributed by atoms with van der Waals surface area (Å²) < 4.78 is 0. The van der Waals surface area contributed by atoms with Gasteiger partial charge in [-0.25, -0.2) is 0 Å². The van der Waals surface area contributed by atoms with Crippen LogP contribution < -0.4 is 0 Å². The van der Waals surface area contributed by atoms with Crippen LogP contribution in [0.25, 0.3) is 0 Å². The molecule has 0 aromatic rings. The second-order valence-corrected chi connectivity index (χ2v) is 5.02. The van der Waals surface area contributed by atoms with Crippen LogP contribution in [-0.2, 0) is 4.79 Å². The van der Waals surface area contributed by atoms with Gasteiger partial charge in [-0.2, -0.15) is 0 Å². The SMILES string of the molecule is C=CCC(C)(C)CC(C)(C)C(=O)O. The fraction of sp³-hybridized carbons (Fsp3) is 0.727. The second kappa shape index (κ2) is 3.95. The van der Waals surface area contributed by atoms with Crippen molar-refractivity contribution in [2.24, 2.45) is 10.8 Å². The maximum absolute atomic E-state index is 10.9. The molecule has 2 nitrogen and oxygen atoms in total. The summed E-state index contributed by atoms with van der Waals surface area (Å²) in [6, 6.07) is 0. The third-order valence-corrected chi connectivity index (χ3v) is 2.20. The second-order valence-electron chi connectivity index (χ2n) is 5.02. The molecule has 0 unspecified atom stereocenters. The molecule has 0 fully saturated rings. The summed E-state index contributed by atoms with van der Waals surface area (Å²) in [5, 5.41) is 8.95. The zero-order valence-corrected chi connectivity index (χ0v) is 9.05. The molecule has 0 aliphatic heterocycles. The fourth-order valence-corrected chi connectivity index (χ4v) is 1.73. The molecular formula is C11H20O2. The molecule has 0 heterocycles. The lowest BCUT2D eigenvalue weighted by Gasteiger charge is -2.31. The Morgan fingerprint density at radius 2 is 1.85 bits per heavy atom. The van der Waals surface area contributed by atoms with Gasteiger partial charge in [-0.15, -0.1) is 6.58 Å². The van der Waals surface area contributed by atoms with E-state index in [1.165, 1.54) is 0 Å². The Bertz CT molecular complexity index is 202. The number of aliphatic carboxylic acids is 1. The van der Waals surface area contributed by atoms with Crippen molar-refractivity contribution in [3.05, 3.63) is 12.7 Å². The molecule has 0 saturated carbocycles. The van der Waals surface area contributed by atoms with Crippen LogP contribution in [0.4, 0.5) is 0 Å². The van der Waals surface area contributed by atoms with Gasteiger partial charge in [0.15, 0.2) is 0 Å². The number of rotatable bonds is 5. The largest absolute Gasteiger partial charge is 0.481 e. The van der Waals surface area contributed by atoms with E-state index < -0.39 is 11.4 Å². The summed E-state index contributed by atoms with van der Waals surface area (Å²) >= 11 is 0. The van der Waals surface area contributed by atoms with Gasteiger partial charge in [-0.05, 0) is 32.1 Å². The topological polar surface area (TPSA) is 37.3 Å². The molecule has 0 rings (SSSR count). The predicted molar refractivity (Wildman–Crippen MR) is 54.6 cm³/mol. The van der Waals surface area contributed by atoms with Crippen LogP contribution in [0.1, 0.15) is 40.5 Å². The average Bonchev–Trinajstić information content (AvgIpc) is 1.83. The van der Waals surface area contributed by atoms with Crippen molar-refractivity contribution in [2.75, 3.05) is 0 Å². The molecule has 0 aromatic carbocycles. The minimum absolute atomic E-state index is 0.0175. The summed E-state index contributed by atoms with van der Waals surface area (Å²) in [7, 11) is 0. The summed E-state index contributed by atoms with van der Waals surface area (Å²) in [5.41, 5.74) is -0.629. The van der Waals surface area contributed by atoms with Crippen molar-refractivity contribution in [1.29, 1.82) is 0 Å². The van der Waals surface area contributed by atoms with Gasteiger partial charge < -0.3 is 5.11 Å². The van der Waals surface area contributed by atoms with Crippen molar-refractivity contribution < 1.29 is 9.90 Å². The highest BCUT2D eigenvalue weighted by atomic mass is 16.4. The third kappa shape index (κ3) is 4.11. The first-order valence-electron chi connectivity index (χ1n) is 4.55. The summed E-state index contributed by atoms with van der Waals surface area (Å²) in [5.74, 6) is -0.732. The predicted octanol–water partition coefficient (Wildman–Crippen LogP) is 3.09. The molecule has 0 aliphatic rings. The van der Waals surface area contributed by atoms with Crippen LogP contribution >= 0.6 is 0 Å². The van der Waals surface area contributed by atoms with Crippen LogP contribution in [0, 0.1) is 10.8 Å². The van der Waals surface area contributed by atoms with Crippen LogP contribution in [0.15, 0.2) is 12.7 Å². The number of carbonyl (C=O) groups is 1. The van der Waals surface area contributed by atoms with Gasteiger partial charge >= 0.3 is 5.97 Å². The van der Waals surface area contributed by atoms with Gasteiger partial charge in [0.05, 0.1) is 5.41 Å². The number of allylic oxidation sites excluding steroid dienone is 1. The summed E-state index contributed by atoms with van der Waals surface area (Å²) in [6.07, 6.45) is 3.36. The molecule has 0 aromatic heterocycles. The molecular weight excluding hydrogens is 164 g/mol. The molecule has 0 aliphatic carbocycles. The van der Waals surface area contributed by atoms with Crippen LogP contribution in [0.2, 0.25) is 0 Å². The van der Waals surface area contributed by atoms with Gasteiger partial charge in [0.25, 0.3) is 0 Å². The number of carboxylic acids is 1. The number of carboxylic acid groups (broad SMARTS) is 1. The van der Waals surface area contributed by atoms with E-state index >= 15 is 0 Å². The summed E-state index contributed by atoms with van der Waals surface area (Å²) in [6.45, 7) is 11.3. The lowest BCUT2D eigenvalue weighted by Crippen LogP contribution is -2.30. The molecule has 0 spiro atoms. The Balaban J connectivity index is 4.41. The van der Waals surface area contributed by atoms with E-state index in [1.807, 2.05) is 6.08 Å². The van der Waals surface area contributed by atoms with Gasteiger partial charge in [0.2, 0.25) is 0 Å². The Morgan fingerprint density at radius 1 is 1.38 bits per heavy atom. The van der Waals surface area contributed by atoms with E-state index in [0.29, 0.717) is 6.42 Å². The minimum Gasteiger partial charge on any atom is -0.481 e. The molecule has 2 heteroatoms. The van der Waals surface area contributed by atoms with Gasteiger partial charge in [-0.1, -0.05) is 19.9 Å². The van der Waals surface area contributed by atoms with E-state index in [-0.39, 0.29) is 5.41 Å². The van der Waals surface area contributed by atoms with Crippen molar-refractivity contribution >= 4 is 5.97 Å². The smallest absolute Gasteiger partial charge is 0.309 e. The molecule has 1 N–H and O–H groups in total. The quantitative estimate of drug-likeness (QED) is 0.667. The van der Waals surface area contributed by atoms with Crippen molar-refractivity contribution in [2.45, 2.75) is 40.5 Å². The van der Waals surface area contributed by atoms with Crippen LogP contribution in [0.5, 0.6) is 0 Å². The Morgan fingerprint density at radius 3 is 2.15 bits per heavy atom. The minimum atomic E-state index is -0.732. The van der Waals surface area contributed by atoms with Crippen molar-refractivity contribution in [3.63, 3.8) is 0 Å². The van der Waals surface area contributed by atoms with E-state index in [0.717, 1.165) is 6.42 Å². The van der Waals surface area contributed by atoms with E-state index in [1.54, 1.807) is 13.8 Å². The first kappa shape index (κ1) is 12.2. The maximum Gasteiger partial charge on any atom is 0.309 e. The average molecular weight is 184 g/mol. The van der Waals surface area contributed by atoms with Crippen LogP contribution in [-0.4, -0.2) is 11.1 Å². The number of hydrogen-bond acceptors (Lipinski definition) is 1. The van der Waals surface area contributed by atoms with E-state index in [2.05, 4.69) is 20.4 Å². The Hall–Kier alpha value is -0.790. The summed E-state index contributed by atoms with van der Waals surface area (Å²) in [4.78, 5) is 10.9. The standard InChI is InChI=1S/C11H20O2/c1-6-7-10(2,3)8-11(4,5)9(12)13/h6H,1,7-8H2,2-5H3,(H,12,13). The highest BCUT2D eigenvalue weighted by Crippen LogP contribution is 2.36. The van der Waals surface area contributed by atoms with Crippen molar-refractivity contribution in [1.82, 2.24) is 0 Å². The van der Waals surface area contributed by atoms with E-state index in [4.69, 9.17) is 5.11 Å². The van der Waals surface area contributed by atoms with Gasteiger partial charge in [0.1, 0.15) is 0 Å². The molecule has 0 atom stereocenters. The molecule has 0 amide bonds. The van der Waals surface area contributed by atoms with Crippen molar-refractivity contribution in [3.8, 4) is 0 Å². The molecule has 0 bridgehead atoms. The lowest BCUT2D eigenvalue weighted by atomic mass is 9.73. The fourth-order valence-electron chi connectivity index (χ4n) is 1.73. The monoisotopic (exact) mass is 184 g/mol. The Labute approximate surface area is 80.7 Å². The highest BCUT2D eigenvalue weighted by Gasteiger charge is 2.33. The first-order chi connectivity index (χ1) is 5.71. The molecule has 0 radical (unpaired) electrons. The lowest BCUT2D eigenvalue weighted by molar-refractivity contribution is -0.148. The van der Waals surface area contributed by atoms with Gasteiger partial charge in [0, 0.05) is 0 Å². The number of hydrogen-bond donors (Lipinski definition) is 1. The zero-order valence-electron chi connectivity index (χ0n) is 9.05. The molecule has 13 heavy (non-hydrogen) atoms. The van der Waals surface area contributed by atoms with Gasteiger partial charge in [-0.3, -0.25) is 4.79 Å². The molecule has 0 saturated heterocycles. The maximum atomic E-state index is 10.9. The first-order valence-corrected chi connectivity index (χ1v) is 4.55. The van der Waals surface area contributed by atoms with Crippen LogP contribution in [0.3, 0.4) is 0 Å². The normalized spacial score (nSPS) is 12.6. The highest BCUT2D eigenvalue weighted by molar-refractivity contribution is 5.73.